The van der Waals surface area contributed by atoms with E-state index in [2.05, 4.69) is 5.32 Å². The highest BCUT2D eigenvalue weighted by Gasteiger charge is 2.36. The highest BCUT2D eigenvalue weighted by Crippen LogP contribution is 2.34. The van der Waals surface area contributed by atoms with Gasteiger partial charge in [0.1, 0.15) is 17.5 Å². The maximum Gasteiger partial charge on any atom is 0.419 e. The van der Waals surface area contributed by atoms with Gasteiger partial charge in [0, 0.05) is 12.1 Å². The first kappa shape index (κ1) is 21.2. The number of halogens is 4. The van der Waals surface area contributed by atoms with Crippen molar-refractivity contribution in [1.82, 2.24) is 5.32 Å². The number of carbonyl (C=O) groups excluding carboxylic acids is 1. The molecule has 0 aliphatic rings. The number of rotatable bonds is 5. The van der Waals surface area contributed by atoms with Crippen LogP contribution in [0.5, 0.6) is 0 Å². The molecule has 0 radical (unpaired) electrons. The summed E-state index contributed by atoms with van der Waals surface area (Å²) in [5.41, 5.74) is -2.91. The Morgan fingerprint density at radius 3 is 2.36 bits per heavy atom. The van der Waals surface area contributed by atoms with Gasteiger partial charge >= 0.3 is 12.3 Å². The molecule has 5 nitrogen and oxygen atoms in total. The minimum atomic E-state index is -4.91. The van der Waals surface area contributed by atoms with Gasteiger partial charge in [-0.3, -0.25) is 0 Å². The fourth-order valence-electron chi connectivity index (χ4n) is 2.00. The van der Waals surface area contributed by atoms with E-state index < -0.39 is 47.0 Å². The number of hydrogen-bond donors (Lipinski definition) is 3. The molecule has 1 aromatic rings. The lowest BCUT2D eigenvalue weighted by atomic mass is 9.99. The average molecular weight is 367 g/mol. The SMILES string of the molecule is CC(C)(C)OC(=O)NCCC(O)C(O)c1cccc(C(F)(F)F)c1F. The van der Waals surface area contributed by atoms with Gasteiger partial charge in [-0.2, -0.15) is 13.2 Å². The van der Waals surface area contributed by atoms with Crippen molar-refractivity contribution in [2.45, 2.75) is 51.2 Å². The van der Waals surface area contributed by atoms with E-state index in [0.717, 1.165) is 12.1 Å². The Kier molecular flexibility index (Phi) is 6.78. The van der Waals surface area contributed by atoms with Crippen molar-refractivity contribution in [3.05, 3.63) is 35.1 Å². The highest BCUT2D eigenvalue weighted by atomic mass is 19.4. The molecule has 3 N–H and O–H groups in total. The Hall–Kier alpha value is -1.87. The number of alkyl halides is 3. The molecule has 0 aromatic heterocycles. The Balaban J connectivity index is 2.69. The smallest absolute Gasteiger partial charge is 0.419 e. The molecule has 2 atom stereocenters. The minimum absolute atomic E-state index is 0.117. The molecule has 2 unspecified atom stereocenters. The van der Waals surface area contributed by atoms with E-state index in [9.17, 15) is 32.6 Å². The third-order valence-electron chi connectivity index (χ3n) is 3.13. The van der Waals surface area contributed by atoms with Crippen molar-refractivity contribution >= 4 is 6.09 Å². The monoisotopic (exact) mass is 367 g/mol. The quantitative estimate of drug-likeness (QED) is 0.699. The van der Waals surface area contributed by atoms with E-state index in [-0.39, 0.29) is 13.0 Å². The molecule has 0 saturated carbocycles. The number of aliphatic hydroxyl groups is 2. The third kappa shape index (κ3) is 6.50. The summed E-state index contributed by atoms with van der Waals surface area (Å²) >= 11 is 0. The molecule has 0 spiro atoms. The van der Waals surface area contributed by atoms with Crippen LogP contribution in [0, 0.1) is 5.82 Å². The second-order valence-electron chi connectivity index (χ2n) is 6.44. The van der Waals surface area contributed by atoms with E-state index in [1.54, 1.807) is 20.8 Å². The topological polar surface area (TPSA) is 78.8 Å². The molecule has 1 aromatic carbocycles. The maximum atomic E-state index is 13.9. The van der Waals surface area contributed by atoms with Gasteiger partial charge in [-0.25, -0.2) is 9.18 Å². The maximum absolute atomic E-state index is 13.9. The summed E-state index contributed by atoms with van der Waals surface area (Å²) in [5, 5.41) is 22.1. The van der Waals surface area contributed by atoms with Gasteiger partial charge in [0.15, 0.2) is 0 Å². The van der Waals surface area contributed by atoms with Crippen LogP contribution < -0.4 is 5.32 Å². The summed E-state index contributed by atoms with van der Waals surface area (Å²) in [7, 11) is 0. The lowest BCUT2D eigenvalue weighted by Gasteiger charge is -2.22. The van der Waals surface area contributed by atoms with E-state index in [0.29, 0.717) is 6.07 Å². The molecule has 0 fully saturated rings. The number of benzene rings is 1. The van der Waals surface area contributed by atoms with Gasteiger partial charge in [0.25, 0.3) is 0 Å². The van der Waals surface area contributed by atoms with E-state index >= 15 is 0 Å². The van der Waals surface area contributed by atoms with Crippen LogP contribution in [0.2, 0.25) is 0 Å². The first-order chi connectivity index (χ1) is 11.3. The number of alkyl carbamates (subject to hydrolysis) is 1. The van der Waals surface area contributed by atoms with Crippen molar-refractivity contribution in [1.29, 1.82) is 0 Å². The van der Waals surface area contributed by atoms with Crippen LogP contribution in [-0.2, 0) is 10.9 Å². The Morgan fingerprint density at radius 2 is 1.84 bits per heavy atom. The van der Waals surface area contributed by atoms with Crippen LogP contribution in [0.25, 0.3) is 0 Å². The summed E-state index contributed by atoms with van der Waals surface area (Å²) in [6, 6.07) is 2.44. The molecule has 0 aliphatic heterocycles. The zero-order chi connectivity index (χ0) is 19.4. The first-order valence-electron chi connectivity index (χ1n) is 7.51. The van der Waals surface area contributed by atoms with Crippen molar-refractivity contribution in [2.75, 3.05) is 6.54 Å². The fraction of sp³-hybridized carbons (Fsp3) is 0.562. The van der Waals surface area contributed by atoms with Crippen molar-refractivity contribution < 1.29 is 37.3 Å². The fourth-order valence-corrected chi connectivity index (χ4v) is 2.00. The molecule has 1 amide bonds. The summed E-state index contributed by atoms with van der Waals surface area (Å²) < 4.78 is 56.9. The molecular weight excluding hydrogens is 346 g/mol. The number of hydrogen-bond acceptors (Lipinski definition) is 4. The summed E-state index contributed by atoms with van der Waals surface area (Å²) in [6.45, 7) is 4.85. The Labute approximate surface area is 142 Å². The first-order valence-corrected chi connectivity index (χ1v) is 7.51. The standard InChI is InChI=1S/C16H21F4NO4/c1-15(2,3)25-14(24)21-8-7-11(22)13(23)9-5-4-6-10(12(9)17)16(18,19)20/h4-6,11,13,22-23H,7-8H2,1-3H3,(H,21,24). The molecule has 0 heterocycles. The van der Waals surface area contributed by atoms with Crippen molar-refractivity contribution in [2.24, 2.45) is 0 Å². The number of ether oxygens (including phenoxy) is 1. The van der Waals surface area contributed by atoms with Crippen LogP contribution in [0.4, 0.5) is 22.4 Å². The lowest BCUT2D eigenvalue weighted by Crippen LogP contribution is -2.34. The number of aliphatic hydroxyl groups excluding tert-OH is 2. The van der Waals surface area contributed by atoms with E-state index in [4.69, 9.17) is 4.74 Å². The normalized spacial score (nSPS) is 14.8. The van der Waals surface area contributed by atoms with Gasteiger partial charge in [0.05, 0.1) is 11.7 Å². The van der Waals surface area contributed by atoms with Gasteiger partial charge < -0.3 is 20.3 Å². The zero-order valence-corrected chi connectivity index (χ0v) is 14.0. The molecular formula is C16H21F4NO4. The molecule has 142 valence electrons. The Bertz CT molecular complexity index is 599. The van der Waals surface area contributed by atoms with Crippen molar-refractivity contribution in [3.8, 4) is 0 Å². The van der Waals surface area contributed by atoms with Crippen LogP contribution in [0.15, 0.2) is 18.2 Å². The number of amides is 1. The van der Waals surface area contributed by atoms with Crippen molar-refractivity contribution in [3.63, 3.8) is 0 Å². The third-order valence-corrected chi connectivity index (χ3v) is 3.13. The Morgan fingerprint density at radius 1 is 1.24 bits per heavy atom. The van der Waals surface area contributed by atoms with Crippen LogP contribution >= 0.6 is 0 Å². The molecule has 25 heavy (non-hydrogen) atoms. The molecule has 9 heteroatoms. The summed E-state index contributed by atoms with van der Waals surface area (Å²) in [4.78, 5) is 11.4. The lowest BCUT2D eigenvalue weighted by molar-refractivity contribution is -0.140. The van der Waals surface area contributed by atoms with Gasteiger partial charge in [0.2, 0.25) is 0 Å². The van der Waals surface area contributed by atoms with Gasteiger partial charge in [-0.05, 0) is 33.3 Å². The van der Waals surface area contributed by atoms with E-state index in [1.807, 2.05) is 0 Å². The summed E-state index contributed by atoms with van der Waals surface area (Å²) in [5.74, 6) is -1.64. The zero-order valence-electron chi connectivity index (χ0n) is 14.0. The van der Waals surface area contributed by atoms with Crippen LogP contribution in [-0.4, -0.2) is 34.6 Å². The van der Waals surface area contributed by atoms with Crippen LogP contribution in [0.1, 0.15) is 44.4 Å². The predicted molar refractivity (Wildman–Crippen MR) is 81.2 cm³/mol. The van der Waals surface area contributed by atoms with Crippen LogP contribution in [0.3, 0.4) is 0 Å². The highest BCUT2D eigenvalue weighted by molar-refractivity contribution is 5.67. The number of nitrogens with one attached hydrogen (secondary N) is 1. The average Bonchev–Trinajstić information content (AvgIpc) is 2.43. The second-order valence-corrected chi connectivity index (χ2v) is 6.44. The molecule has 0 aliphatic carbocycles. The summed E-state index contributed by atoms with van der Waals surface area (Å²) in [6.07, 6.45) is -9.32. The second kappa shape index (κ2) is 8.01. The minimum Gasteiger partial charge on any atom is -0.444 e. The molecule has 1 rings (SSSR count). The number of carbonyl (C=O) groups is 1. The predicted octanol–water partition coefficient (Wildman–Crippen LogP) is 3.15. The largest absolute Gasteiger partial charge is 0.444 e. The van der Waals surface area contributed by atoms with Gasteiger partial charge in [-0.1, -0.05) is 12.1 Å². The molecule has 0 bridgehead atoms. The molecule has 0 saturated heterocycles. The van der Waals surface area contributed by atoms with Gasteiger partial charge in [-0.15, -0.1) is 0 Å². The van der Waals surface area contributed by atoms with E-state index in [1.165, 1.54) is 0 Å².